The third-order valence-electron chi connectivity index (χ3n) is 3.52. The van der Waals surface area contributed by atoms with Crippen LogP contribution in [0.3, 0.4) is 0 Å². The van der Waals surface area contributed by atoms with Gasteiger partial charge in [0.25, 0.3) is 0 Å². The first-order chi connectivity index (χ1) is 7.84. The summed E-state index contributed by atoms with van der Waals surface area (Å²) in [6.45, 7) is 1.05. The molecule has 3 nitrogen and oxygen atoms in total. The average molecular weight is 215 g/mol. The lowest BCUT2D eigenvalue weighted by Gasteiger charge is -2.14. The monoisotopic (exact) mass is 215 g/mol. The first-order valence-electron chi connectivity index (χ1n) is 5.88. The normalized spacial score (nSPS) is 25.3. The largest absolute Gasteiger partial charge is 0.361 e. The zero-order valence-corrected chi connectivity index (χ0v) is 9.24. The maximum Gasteiger partial charge on any atom is 0.0456 e. The van der Waals surface area contributed by atoms with Gasteiger partial charge in [-0.15, -0.1) is 0 Å². The second kappa shape index (κ2) is 3.92. The van der Waals surface area contributed by atoms with Crippen LogP contribution in [0.25, 0.3) is 10.9 Å². The highest BCUT2D eigenvalue weighted by molar-refractivity contribution is 5.83. The molecule has 1 aromatic heterocycles. The number of rotatable bonds is 2. The highest BCUT2D eigenvalue weighted by atomic mass is 15.0. The van der Waals surface area contributed by atoms with E-state index in [9.17, 15) is 0 Å². The summed E-state index contributed by atoms with van der Waals surface area (Å²) in [5.74, 6) is 0. The van der Waals surface area contributed by atoms with Gasteiger partial charge in [-0.3, -0.25) is 0 Å². The molecule has 3 rings (SSSR count). The van der Waals surface area contributed by atoms with E-state index in [1.807, 2.05) is 0 Å². The molecule has 0 saturated carbocycles. The molecule has 1 fully saturated rings. The van der Waals surface area contributed by atoms with Gasteiger partial charge in [0.05, 0.1) is 0 Å². The van der Waals surface area contributed by atoms with Crippen molar-refractivity contribution in [3.63, 3.8) is 0 Å². The number of para-hydroxylation sites is 1. The van der Waals surface area contributed by atoms with Crippen molar-refractivity contribution in [2.45, 2.75) is 24.9 Å². The molecule has 0 aliphatic carbocycles. The van der Waals surface area contributed by atoms with Crippen molar-refractivity contribution in [1.82, 2.24) is 10.3 Å². The molecular formula is C13H17N3. The fourth-order valence-electron chi connectivity index (χ4n) is 2.55. The maximum atomic E-state index is 6.07. The van der Waals surface area contributed by atoms with Crippen LogP contribution in [-0.4, -0.2) is 23.6 Å². The second-order valence-electron chi connectivity index (χ2n) is 4.58. The molecule has 0 bridgehead atoms. The summed E-state index contributed by atoms with van der Waals surface area (Å²) in [7, 11) is 0. The van der Waals surface area contributed by atoms with E-state index in [0.717, 1.165) is 19.4 Å². The first kappa shape index (κ1) is 9.87. The summed E-state index contributed by atoms with van der Waals surface area (Å²) in [4.78, 5) is 3.31. The van der Waals surface area contributed by atoms with Gasteiger partial charge in [0.1, 0.15) is 0 Å². The Morgan fingerprint density at radius 2 is 2.19 bits per heavy atom. The number of nitrogens with two attached hydrogens (primary N) is 1. The van der Waals surface area contributed by atoms with E-state index in [-0.39, 0.29) is 0 Å². The molecule has 1 aliphatic heterocycles. The summed E-state index contributed by atoms with van der Waals surface area (Å²) >= 11 is 0. The molecule has 2 atom stereocenters. The quantitative estimate of drug-likeness (QED) is 0.709. The van der Waals surface area contributed by atoms with Crippen LogP contribution in [0.1, 0.15) is 12.0 Å². The van der Waals surface area contributed by atoms with E-state index in [2.05, 4.69) is 40.8 Å². The number of nitrogens with one attached hydrogen (secondary N) is 2. The highest BCUT2D eigenvalue weighted by Crippen LogP contribution is 2.20. The van der Waals surface area contributed by atoms with E-state index >= 15 is 0 Å². The molecule has 0 amide bonds. The molecule has 3 heteroatoms. The Morgan fingerprint density at radius 1 is 1.31 bits per heavy atom. The lowest BCUT2D eigenvalue weighted by molar-refractivity contribution is 0.540. The van der Waals surface area contributed by atoms with Gasteiger partial charge in [-0.05, 0) is 31.0 Å². The number of hydrogen-bond donors (Lipinski definition) is 3. The van der Waals surface area contributed by atoms with Crippen molar-refractivity contribution in [2.75, 3.05) is 6.54 Å². The van der Waals surface area contributed by atoms with Crippen LogP contribution in [0, 0.1) is 0 Å². The van der Waals surface area contributed by atoms with Gasteiger partial charge >= 0.3 is 0 Å². The van der Waals surface area contributed by atoms with Gasteiger partial charge in [0.2, 0.25) is 0 Å². The fraction of sp³-hybridized carbons (Fsp3) is 0.385. The Kier molecular flexibility index (Phi) is 2.42. The molecule has 1 saturated heterocycles. The Balaban J connectivity index is 1.89. The summed E-state index contributed by atoms with van der Waals surface area (Å²) < 4.78 is 0. The van der Waals surface area contributed by atoms with Crippen molar-refractivity contribution in [1.29, 1.82) is 0 Å². The minimum absolute atomic E-state index is 0.300. The first-order valence-corrected chi connectivity index (χ1v) is 5.88. The Morgan fingerprint density at radius 3 is 3.00 bits per heavy atom. The number of aromatic nitrogens is 1. The van der Waals surface area contributed by atoms with E-state index in [4.69, 9.17) is 5.73 Å². The molecule has 1 aromatic carbocycles. The minimum atomic E-state index is 0.300. The van der Waals surface area contributed by atoms with Crippen LogP contribution < -0.4 is 11.1 Å². The summed E-state index contributed by atoms with van der Waals surface area (Å²) in [5, 5.41) is 4.79. The number of fused-ring (bicyclic) bond motifs is 1. The predicted octanol–water partition coefficient (Wildman–Crippen LogP) is 1.40. The van der Waals surface area contributed by atoms with Gasteiger partial charge in [-0.25, -0.2) is 0 Å². The van der Waals surface area contributed by atoms with E-state index in [1.165, 1.54) is 16.5 Å². The molecular weight excluding hydrogens is 198 g/mol. The fourth-order valence-corrected chi connectivity index (χ4v) is 2.55. The van der Waals surface area contributed by atoms with Gasteiger partial charge in [0, 0.05) is 29.2 Å². The molecule has 0 spiro atoms. The highest BCUT2D eigenvalue weighted by Gasteiger charge is 2.23. The number of hydrogen-bond acceptors (Lipinski definition) is 2. The van der Waals surface area contributed by atoms with Crippen LogP contribution in [0.2, 0.25) is 0 Å². The number of benzene rings is 1. The van der Waals surface area contributed by atoms with E-state index < -0.39 is 0 Å². The molecule has 1 unspecified atom stereocenters. The molecule has 4 N–H and O–H groups in total. The molecule has 2 heterocycles. The van der Waals surface area contributed by atoms with E-state index in [1.54, 1.807) is 0 Å². The zero-order chi connectivity index (χ0) is 11.0. The van der Waals surface area contributed by atoms with Crippen molar-refractivity contribution >= 4 is 10.9 Å². The summed E-state index contributed by atoms with van der Waals surface area (Å²) in [6.07, 6.45) is 4.22. The van der Waals surface area contributed by atoms with Gasteiger partial charge in [-0.2, -0.15) is 0 Å². The average Bonchev–Trinajstić information content (AvgIpc) is 2.88. The predicted molar refractivity (Wildman–Crippen MR) is 66.4 cm³/mol. The SMILES string of the molecule is NC1CCN[C@@H]1Cc1c[nH]c2ccccc12. The van der Waals surface area contributed by atoms with Crippen molar-refractivity contribution in [3.8, 4) is 0 Å². The van der Waals surface area contributed by atoms with Crippen molar-refractivity contribution in [3.05, 3.63) is 36.0 Å². The molecule has 0 radical (unpaired) electrons. The van der Waals surface area contributed by atoms with Crippen LogP contribution in [-0.2, 0) is 6.42 Å². The Hall–Kier alpha value is -1.32. The lowest BCUT2D eigenvalue weighted by Crippen LogP contribution is -2.37. The second-order valence-corrected chi connectivity index (χ2v) is 4.58. The van der Waals surface area contributed by atoms with E-state index in [0.29, 0.717) is 12.1 Å². The molecule has 1 aliphatic rings. The van der Waals surface area contributed by atoms with Crippen LogP contribution in [0.5, 0.6) is 0 Å². The zero-order valence-electron chi connectivity index (χ0n) is 9.24. The third-order valence-corrected chi connectivity index (χ3v) is 3.52. The topological polar surface area (TPSA) is 53.8 Å². The van der Waals surface area contributed by atoms with Crippen LogP contribution in [0.15, 0.2) is 30.5 Å². The number of H-pyrrole nitrogens is 1. The van der Waals surface area contributed by atoms with Gasteiger partial charge in [-0.1, -0.05) is 18.2 Å². The maximum absolute atomic E-state index is 6.07. The van der Waals surface area contributed by atoms with Gasteiger partial charge < -0.3 is 16.0 Å². The van der Waals surface area contributed by atoms with Gasteiger partial charge in [0.15, 0.2) is 0 Å². The molecule has 84 valence electrons. The molecule has 16 heavy (non-hydrogen) atoms. The molecule has 2 aromatic rings. The lowest BCUT2D eigenvalue weighted by atomic mass is 10.0. The van der Waals surface area contributed by atoms with Crippen LogP contribution in [0.4, 0.5) is 0 Å². The Bertz CT molecular complexity index is 489. The van der Waals surface area contributed by atoms with Crippen molar-refractivity contribution in [2.24, 2.45) is 5.73 Å². The standard InChI is InChI=1S/C13H17N3/c14-11-5-6-15-13(11)7-9-8-16-12-4-2-1-3-10(9)12/h1-4,8,11,13,15-16H,5-7,14H2/t11?,13-/m1/s1. The van der Waals surface area contributed by atoms with Crippen LogP contribution >= 0.6 is 0 Å². The smallest absolute Gasteiger partial charge is 0.0456 e. The Labute approximate surface area is 95.0 Å². The summed E-state index contributed by atoms with van der Waals surface area (Å²) in [5.41, 5.74) is 8.65. The third kappa shape index (κ3) is 1.62. The number of aromatic amines is 1. The van der Waals surface area contributed by atoms with Crippen molar-refractivity contribution < 1.29 is 0 Å². The summed E-state index contributed by atoms with van der Waals surface area (Å²) in [6, 6.07) is 9.15. The minimum Gasteiger partial charge on any atom is -0.361 e.